The Morgan fingerprint density at radius 3 is 2.63 bits per heavy atom. The third-order valence-corrected chi connectivity index (χ3v) is 3.53. The van der Waals surface area contributed by atoms with Gasteiger partial charge >= 0.3 is 0 Å². The minimum absolute atomic E-state index is 0.114. The van der Waals surface area contributed by atoms with E-state index >= 15 is 0 Å². The van der Waals surface area contributed by atoms with Gasteiger partial charge in [-0.1, -0.05) is 20.8 Å². The van der Waals surface area contributed by atoms with Crippen LogP contribution in [0.15, 0.2) is 22.9 Å². The van der Waals surface area contributed by atoms with Crippen molar-refractivity contribution in [2.24, 2.45) is 0 Å². The molecule has 0 bridgehead atoms. The van der Waals surface area contributed by atoms with Crippen LogP contribution in [0.25, 0.3) is 0 Å². The van der Waals surface area contributed by atoms with Crippen LogP contribution in [0.3, 0.4) is 0 Å². The summed E-state index contributed by atoms with van der Waals surface area (Å²) in [5.41, 5.74) is 7.00. The van der Waals surface area contributed by atoms with Gasteiger partial charge in [-0.05, 0) is 29.3 Å². The van der Waals surface area contributed by atoms with Gasteiger partial charge in [-0.15, -0.1) is 0 Å². The zero-order chi connectivity index (χ0) is 14.0. The molecule has 0 aliphatic heterocycles. The quantitative estimate of drug-likeness (QED) is 0.899. The molecule has 0 radical (unpaired) electrons. The van der Waals surface area contributed by atoms with Crippen LogP contribution in [0.1, 0.15) is 45.1 Å². The first kappa shape index (κ1) is 13.8. The minimum Gasteiger partial charge on any atom is -0.384 e. The highest BCUT2D eigenvalue weighted by atomic mass is 32.1. The average Bonchev–Trinajstić information content (AvgIpc) is 2.80. The molecule has 0 saturated carbocycles. The summed E-state index contributed by atoms with van der Waals surface area (Å²) in [7, 11) is 0. The maximum absolute atomic E-state index is 5.86. The number of rotatable bonds is 3. The number of nitrogens with two attached hydrogens (primary N) is 1. The van der Waals surface area contributed by atoms with Crippen molar-refractivity contribution in [1.29, 1.82) is 0 Å². The molecule has 0 aliphatic rings. The van der Waals surface area contributed by atoms with E-state index in [1.54, 1.807) is 17.4 Å². The van der Waals surface area contributed by atoms with Gasteiger partial charge in [0.25, 0.3) is 0 Å². The molecule has 1 unspecified atom stereocenters. The lowest BCUT2D eigenvalue weighted by Crippen LogP contribution is -2.18. The van der Waals surface area contributed by atoms with Crippen molar-refractivity contribution >= 4 is 23.0 Å². The normalized spacial score (nSPS) is 13.3. The Labute approximate surface area is 118 Å². The average molecular weight is 276 g/mol. The molecule has 0 amide bonds. The molecule has 5 heteroatoms. The van der Waals surface area contributed by atoms with E-state index < -0.39 is 0 Å². The van der Waals surface area contributed by atoms with Crippen molar-refractivity contribution in [3.05, 3.63) is 34.3 Å². The molecule has 0 saturated heterocycles. The molecule has 2 aromatic rings. The van der Waals surface area contributed by atoms with Gasteiger partial charge in [-0.3, -0.25) is 0 Å². The molecule has 102 valence electrons. The molecule has 3 N–H and O–H groups in total. The van der Waals surface area contributed by atoms with Crippen LogP contribution in [0.5, 0.6) is 0 Å². The fourth-order valence-corrected chi connectivity index (χ4v) is 2.46. The number of aromatic nitrogens is 2. The van der Waals surface area contributed by atoms with Crippen molar-refractivity contribution in [1.82, 2.24) is 9.97 Å². The van der Waals surface area contributed by atoms with Crippen molar-refractivity contribution in [2.45, 2.75) is 39.2 Å². The third kappa shape index (κ3) is 3.44. The first-order valence-electron chi connectivity index (χ1n) is 6.30. The van der Waals surface area contributed by atoms with Crippen LogP contribution in [0.4, 0.5) is 11.6 Å². The Morgan fingerprint density at radius 1 is 1.32 bits per heavy atom. The minimum atomic E-state index is -0.114. The first-order chi connectivity index (χ1) is 8.86. The maximum atomic E-state index is 5.86. The lowest BCUT2D eigenvalue weighted by atomic mass is 9.96. The van der Waals surface area contributed by atoms with Crippen LogP contribution in [-0.4, -0.2) is 9.97 Å². The summed E-state index contributed by atoms with van der Waals surface area (Å²) < 4.78 is 0. The molecule has 0 fully saturated rings. The van der Waals surface area contributed by atoms with Crippen LogP contribution >= 0.6 is 11.3 Å². The Kier molecular flexibility index (Phi) is 3.75. The zero-order valence-electron chi connectivity index (χ0n) is 11.8. The monoisotopic (exact) mass is 276 g/mol. The molecule has 1 atom stereocenters. The van der Waals surface area contributed by atoms with E-state index in [-0.39, 0.29) is 11.5 Å². The van der Waals surface area contributed by atoms with E-state index in [2.05, 4.69) is 59.8 Å². The van der Waals surface area contributed by atoms with Crippen molar-refractivity contribution < 1.29 is 0 Å². The summed E-state index contributed by atoms with van der Waals surface area (Å²) in [5.74, 6) is 2.03. The number of nitrogens with zero attached hydrogens (tertiary/aromatic N) is 2. The van der Waals surface area contributed by atoms with E-state index in [4.69, 9.17) is 5.73 Å². The van der Waals surface area contributed by atoms with Gasteiger partial charge in [0, 0.05) is 11.5 Å². The molecule has 0 aliphatic carbocycles. The summed E-state index contributed by atoms with van der Waals surface area (Å²) in [6.45, 7) is 8.34. The summed E-state index contributed by atoms with van der Waals surface area (Å²) in [6.07, 6.45) is 0. The van der Waals surface area contributed by atoms with E-state index in [9.17, 15) is 0 Å². The second-order valence-corrected chi connectivity index (χ2v) is 6.45. The van der Waals surface area contributed by atoms with Crippen molar-refractivity contribution in [3.63, 3.8) is 0 Å². The fourth-order valence-electron chi connectivity index (χ4n) is 1.70. The van der Waals surface area contributed by atoms with Crippen LogP contribution in [0.2, 0.25) is 0 Å². The maximum Gasteiger partial charge on any atom is 0.138 e. The lowest BCUT2D eigenvalue weighted by Gasteiger charge is -2.19. The number of hydrogen-bond donors (Lipinski definition) is 2. The second kappa shape index (κ2) is 5.17. The molecule has 2 heterocycles. The number of nitrogen functional groups attached to an aromatic ring is 1. The highest BCUT2D eigenvalue weighted by Crippen LogP contribution is 2.24. The van der Waals surface area contributed by atoms with Gasteiger partial charge in [0.05, 0.1) is 6.04 Å². The smallest absolute Gasteiger partial charge is 0.138 e. The fraction of sp³-hybridized carbons (Fsp3) is 0.429. The summed E-state index contributed by atoms with van der Waals surface area (Å²) >= 11 is 1.69. The van der Waals surface area contributed by atoms with Gasteiger partial charge < -0.3 is 11.1 Å². The molecule has 0 spiro atoms. The number of anilines is 2. The topological polar surface area (TPSA) is 63.8 Å². The molecule has 4 nitrogen and oxygen atoms in total. The lowest BCUT2D eigenvalue weighted by molar-refractivity contribution is 0.546. The third-order valence-electron chi connectivity index (χ3n) is 2.82. The number of hydrogen-bond acceptors (Lipinski definition) is 5. The predicted octanol–water partition coefficient (Wildman–Crippen LogP) is 3.59. The Morgan fingerprint density at radius 2 is 2.05 bits per heavy atom. The van der Waals surface area contributed by atoms with E-state index in [0.29, 0.717) is 5.82 Å². The Hall–Kier alpha value is -1.62. The summed E-state index contributed by atoms with van der Waals surface area (Å²) in [4.78, 5) is 8.86. The number of thiophene rings is 1. The van der Waals surface area contributed by atoms with Crippen molar-refractivity contribution in [3.8, 4) is 0 Å². The molecule has 0 aromatic carbocycles. The highest BCUT2D eigenvalue weighted by Gasteiger charge is 2.19. The molecule has 2 rings (SSSR count). The predicted molar refractivity (Wildman–Crippen MR) is 81.5 cm³/mol. The van der Waals surface area contributed by atoms with Crippen LogP contribution in [-0.2, 0) is 5.41 Å². The molecule has 2 aromatic heterocycles. The Bertz CT molecular complexity index is 543. The molecular formula is C14H20N4S. The van der Waals surface area contributed by atoms with E-state index in [0.717, 1.165) is 11.6 Å². The van der Waals surface area contributed by atoms with Crippen LogP contribution in [0, 0.1) is 0 Å². The van der Waals surface area contributed by atoms with Gasteiger partial charge in [-0.2, -0.15) is 11.3 Å². The van der Waals surface area contributed by atoms with Crippen molar-refractivity contribution in [2.75, 3.05) is 11.1 Å². The van der Waals surface area contributed by atoms with Crippen LogP contribution < -0.4 is 11.1 Å². The van der Waals surface area contributed by atoms with Gasteiger partial charge in [0.1, 0.15) is 17.5 Å². The zero-order valence-corrected chi connectivity index (χ0v) is 12.6. The Balaban J connectivity index is 2.23. The van der Waals surface area contributed by atoms with Gasteiger partial charge in [0.2, 0.25) is 0 Å². The van der Waals surface area contributed by atoms with E-state index in [1.165, 1.54) is 5.56 Å². The first-order valence-corrected chi connectivity index (χ1v) is 7.24. The molecule has 19 heavy (non-hydrogen) atoms. The standard InChI is InChI=1S/C14H20N4S/c1-9(10-5-6-19-8-10)16-12-7-11(15)17-13(18-12)14(2,3)4/h5-9H,1-4H3,(H3,15,16,17,18). The molecular weight excluding hydrogens is 256 g/mol. The second-order valence-electron chi connectivity index (χ2n) is 5.67. The SMILES string of the molecule is CC(Nc1cc(N)nc(C(C)(C)C)n1)c1ccsc1. The summed E-state index contributed by atoms with van der Waals surface area (Å²) in [6, 6.07) is 4.09. The largest absolute Gasteiger partial charge is 0.384 e. The van der Waals surface area contributed by atoms with E-state index in [1.807, 2.05) is 0 Å². The van der Waals surface area contributed by atoms with Gasteiger partial charge in [0.15, 0.2) is 0 Å². The summed E-state index contributed by atoms with van der Waals surface area (Å²) in [5, 5.41) is 7.58. The number of nitrogens with one attached hydrogen (secondary N) is 1. The highest BCUT2D eigenvalue weighted by molar-refractivity contribution is 7.07. The van der Waals surface area contributed by atoms with Gasteiger partial charge in [-0.25, -0.2) is 9.97 Å².